The summed E-state index contributed by atoms with van der Waals surface area (Å²) in [4.78, 5) is 2.96. The van der Waals surface area contributed by atoms with Gasteiger partial charge in [0, 0.05) is 10.9 Å². The molecular weight excluding hydrogens is 384 g/mol. The number of unbranched alkanes of at least 4 members (excludes halogenated alkanes) is 1. The average molecular weight is 401 g/mol. The van der Waals surface area contributed by atoms with Gasteiger partial charge in [0.05, 0.1) is 26.8 Å². The lowest BCUT2D eigenvalue weighted by Gasteiger charge is -2.08. The number of aryl methyl sites for hydroxylation is 1. The summed E-state index contributed by atoms with van der Waals surface area (Å²) in [5.74, 6) is 0. The Kier molecular flexibility index (Phi) is 5.51. The molecule has 138 valence electrons. The van der Waals surface area contributed by atoms with Gasteiger partial charge < -0.3 is 10.7 Å². The van der Waals surface area contributed by atoms with Crippen LogP contribution in [0.1, 0.15) is 24.0 Å². The number of para-hydroxylation sites is 1. The average Bonchev–Trinajstić information content (AvgIpc) is 2.95. The summed E-state index contributed by atoms with van der Waals surface area (Å²) in [6.45, 7) is 0.531. The predicted molar refractivity (Wildman–Crippen MR) is 101 cm³/mol. The molecule has 2 nitrogen and oxygen atoms in total. The largest absolute Gasteiger partial charge is 0.418 e. The maximum absolute atomic E-state index is 13.4. The third-order valence-electron chi connectivity index (χ3n) is 4.35. The van der Waals surface area contributed by atoms with Crippen LogP contribution in [0.15, 0.2) is 36.4 Å². The minimum atomic E-state index is -4.45. The Labute approximate surface area is 159 Å². The van der Waals surface area contributed by atoms with E-state index in [9.17, 15) is 13.2 Å². The monoisotopic (exact) mass is 400 g/mol. The highest BCUT2D eigenvalue weighted by Crippen LogP contribution is 2.41. The first-order valence-electron chi connectivity index (χ1n) is 8.19. The van der Waals surface area contributed by atoms with Gasteiger partial charge in [-0.1, -0.05) is 47.5 Å². The Hall–Kier alpha value is -1.69. The molecule has 26 heavy (non-hydrogen) atoms. The highest BCUT2D eigenvalue weighted by atomic mass is 35.5. The second-order valence-corrected chi connectivity index (χ2v) is 6.84. The Balaban J connectivity index is 2.26. The standard InChI is InChI=1S/C19H17Cl2F3N2/c20-15-9-4-7-13(16(15)21)17-11(5-1-2-10-25)12-6-3-8-14(18(12)26-17)19(22,23)24/h3-4,6-9,26H,1-2,5,10,25H2. The van der Waals surface area contributed by atoms with Crippen molar-refractivity contribution >= 4 is 34.1 Å². The van der Waals surface area contributed by atoms with Gasteiger partial charge in [-0.3, -0.25) is 0 Å². The normalized spacial score (nSPS) is 12.1. The Bertz CT molecular complexity index is 932. The molecule has 3 N–H and O–H groups in total. The molecular formula is C19H17Cl2F3N2. The van der Waals surface area contributed by atoms with Crippen LogP contribution in [0.3, 0.4) is 0 Å². The summed E-state index contributed by atoms with van der Waals surface area (Å²) in [6.07, 6.45) is -2.30. The molecule has 1 heterocycles. The molecule has 0 spiro atoms. The Morgan fingerprint density at radius 2 is 1.73 bits per heavy atom. The maximum atomic E-state index is 13.4. The van der Waals surface area contributed by atoms with E-state index in [4.69, 9.17) is 28.9 Å². The topological polar surface area (TPSA) is 41.8 Å². The van der Waals surface area contributed by atoms with Crippen molar-refractivity contribution in [1.82, 2.24) is 4.98 Å². The van der Waals surface area contributed by atoms with Gasteiger partial charge in [-0.15, -0.1) is 0 Å². The first-order valence-corrected chi connectivity index (χ1v) is 8.95. The van der Waals surface area contributed by atoms with Crippen LogP contribution >= 0.6 is 23.2 Å². The van der Waals surface area contributed by atoms with Crippen molar-refractivity contribution in [3.05, 3.63) is 57.6 Å². The molecule has 0 atom stereocenters. The lowest BCUT2D eigenvalue weighted by molar-refractivity contribution is -0.136. The molecule has 0 aliphatic rings. The van der Waals surface area contributed by atoms with Gasteiger partial charge in [0.2, 0.25) is 0 Å². The fourth-order valence-electron chi connectivity index (χ4n) is 3.14. The summed E-state index contributed by atoms with van der Waals surface area (Å²) >= 11 is 12.4. The molecule has 3 aromatic rings. The number of nitrogens with one attached hydrogen (secondary N) is 1. The van der Waals surface area contributed by atoms with E-state index in [0.29, 0.717) is 39.7 Å². The third-order valence-corrected chi connectivity index (χ3v) is 5.17. The van der Waals surface area contributed by atoms with Crippen molar-refractivity contribution in [3.63, 3.8) is 0 Å². The van der Waals surface area contributed by atoms with E-state index < -0.39 is 11.7 Å². The van der Waals surface area contributed by atoms with Crippen LogP contribution in [0, 0.1) is 0 Å². The van der Waals surface area contributed by atoms with Gasteiger partial charge in [0.25, 0.3) is 0 Å². The second kappa shape index (κ2) is 7.51. The molecule has 7 heteroatoms. The number of alkyl halides is 3. The number of aromatic nitrogens is 1. The maximum Gasteiger partial charge on any atom is 0.418 e. The lowest BCUT2D eigenvalue weighted by atomic mass is 9.99. The number of hydrogen-bond acceptors (Lipinski definition) is 1. The van der Waals surface area contributed by atoms with E-state index in [2.05, 4.69) is 4.98 Å². The van der Waals surface area contributed by atoms with E-state index in [-0.39, 0.29) is 5.52 Å². The minimum Gasteiger partial charge on any atom is -0.354 e. The summed E-state index contributed by atoms with van der Waals surface area (Å²) in [5, 5.41) is 1.21. The first kappa shape index (κ1) is 19.1. The van der Waals surface area contributed by atoms with Gasteiger partial charge in [0.15, 0.2) is 0 Å². The highest BCUT2D eigenvalue weighted by Gasteiger charge is 2.34. The summed E-state index contributed by atoms with van der Waals surface area (Å²) in [5.41, 5.74) is 6.88. The first-order chi connectivity index (χ1) is 12.3. The molecule has 1 aromatic heterocycles. The number of hydrogen-bond donors (Lipinski definition) is 2. The SMILES string of the molecule is NCCCCc1c(-c2cccc(Cl)c2Cl)[nH]c2c(C(F)(F)F)cccc12. The molecule has 0 aliphatic carbocycles. The van der Waals surface area contributed by atoms with Crippen molar-refractivity contribution in [1.29, 1.82) is 0 Å². The summed E-state index contributed by atoms with van der Waals surface area (Å²) in [6, 6.07) is 9.31. The number of rotatable bonds is 5. The van der Waals surface area contributed by atoms with Crippen LogP contribution in [0.2, 0.25) is 10.0 Å². The number of fused-ring (bicyclic) bond motifs is 1. The molecule has 3 rings (SSSR count). The predicted octanol–water partition coefficient (Wildman–Crippen LogP) is 6.44. The van der Waals surface area contributed by atoms with E-state index >= 15 is 0 Å². The number of nitrogens with two attached hydrogens (primary N) is 1. The van der Waals surface area contributed by atoms with Crippen molar-refractivity contribution in [2.75, 3.05) is 6.54 Å². The minimum absolute atomic E-state index is 0.0637. The zero-order valence-corrected chi connectivity index (χ0v) is 15.3. The van der Waals surface area contributed by atoms with Gasteiger partial charge in [-0.25, -0.2) is 0 Å². The van der Waals surface area contributed by atoms with E-state index in [0.717, 1.165) is 24.5 Å². The van der Waals surface area contributed by atoms with Gasteiger partial charge in [-0.2, -0.15) is 13.2 Å². The van der Waals surface area contributed by atoms with Crippen LogP contribution in [0.25, 0.3) is 22.2 Å². The molecule has 0 amide bonds. The van der Waals surface area contributed by atoms with Crippen LogP contribution in [-0.2, 0) is 12.6 Å². The summed E-state index contributed by atoms with van der Waals surface area (Å²) in [7, 11) is 0. The number of aromatic amines is 1. The molecule has 0 unspecified atom stereocenters. The molecule has 0 radical (unpaired) electrons. The lowest BCUT2D eigenvalue weighted by Crippen LogP contribution is -2.05. The quantitative estimate of drug-likeness (QED) is 0.475. The van der Waals surface area contributed by atoms with Crippen molar-refractivity contribution in [2.24, 2.45) is 5.73 Å². The molecule has 0 aliphatic heterocycles. The fourth-order valence-corrected chi connectivity index (χ4v) is 3.54. The molecule has 0 bridgehead atoms. The van der Waals surface area contributed by atoms with E-state index in [1.807, 2.05) is 0 Å². The van der Waals surface area contributed by atoms with Crippen LogP contribution in [0.5, 0.6) is 0 Å². The highest BCUT2D eigenvalue weighted by molar-refractivity contribution is 6.43. The van der Waals surface area contributed by atoms with Crippen molar-refractivity contribution in [2.45, 2.75) is 25.4 Å². The van der Waals surface area contributed by atoms with Gasteiger partial charge in [-0.05, 0) is 43.5 Å². The van der Waals surface area contributed by atoms with E-state index in [1.54, 1.807) is 24.3 Å². The van der Waals surface area contributed by atoms with Crippen molar-refractivity contribution < 1.29 is 13.2 Å². The smallest absolute Gasteiger partial charge is 0.354 e. The van der Waals surface area contributed by atoms with Gasteiger partial charge in [0.1, 0.15) is 0 Å². The zero-order valence-electron chi connectivity index (χ0n) is 13.8. The second-order valence-electron chi connectivity index (χ2n) is 6.05. The molecule has 0 fully saturated rings. The third kappa shape index (κ3) is 3.56. The number of halogens is 5. The summed E-state index contributed by atoms with van der Waals surface area (Å²) < 4.78 is 40.3. The van der Waals surface area contributed by atoms with Crippen LogP contribution < -0.4 is 5.73 Å². The van der Waals surface area contributed by atoms with Crippen LogP contribution in [0.4, 0.5) is 13.2 Å². The number of H-pyrrole nitrogens is 1. The van der Waals surface area contributed by atoms with Crippen LogP contribution in [-0.4, -0.2) is 11.5 Å². The fraction of sp³-hybridized carbons (Fsp3) is 0.263. The molecule has 0 saturated carbocycles. The number of benzene rings is 2. The molecule has 0 saturated heterocycles. The Morgan fingerprint density at radius 3 is 2.42 bits per heavy atom. The van der Waals surface area contributed by atoms with Crippen molar-refractivity contribution in [3.8, 4) is 11.3 Å². The Morgan fingerprint density at radius 1 is 1.00 bits per heavy atom. The van der Waals surface area contributed by atoms with Gasteiger partial charge >= 0.3 is 6.18 Å². The zero-order chi connectivity index (χ0) is 18.9. The van der Waals surface area contributed by atoms with E-state index in [1.165, 1.54) is 6.07 Å². The molecule has 2 aromatic carbocycles.